The summed E-state index contributed by atoms with van der Waals surface area (Å²) in [5.74, 6) is -1.44. The number of carboxylic acid groups (broad SMARTS) is 1. The number of nitrogens with one attached hydrogen (secondary N) is 1. The lowest BCUT2D eigenvalue weighted by Gasteiger charge is -2.21. The Morgan fingerprint density at radius 2 is 2.00 bits per heavy atom. The zero-order valence-corrected chi connectivity index (χ0v) is 15.1. The summed E-state index contributed by atoms with van der Waals surface area (Å²) in [5, 5.41) is 17.1. The van der Waals surface area contributed by atoms with Gasteiger partial charge in [0.1, 0.15) is 6.04 Å². The normalized spacial score (nSPS) is 13.0. The van der Waals surface area contributed by atoms with E-state index in [1.807, 2.05) is 52.1 Å². The van der Waals surface area contributed by atoms with Crippen molar-refractivity contribution in [1.29, 1.82) is 0 Å². The zero-order valence-electron chi connectivity index (χ0n) is 15.1. The number of benzene rings is 1. The van der Waals surface area contributed by atoms with Gasteiger partial charge < -0.3 is 15.2 Å². The van der Waals surface area contributed by atoms with E-state index in [-0.39, 0.29) is 31.0 Å². The number of hydrogen-bond donors (Lipinski definition) is 2. The average molecular weight is 347 g/mol. The molecule has 7 nitrogen and oxygen atoms in total. The van der Waals surface area contributed by atoms with Crippen LogP contribution in [0.25, 0.3) is 10.9 Å². The Balaban J connectivity index is 2.00. The number of carbonyl (C=O) groups is 2. The number of rotatable bonds is 7. The minimum atomic E-state index is -1.07. The van der Waals surface area contributed by atoms with Crippen LogP contribution in [0.3, 0.4) is 0 Å². The standard InChI is InChI=1S/C18H25N3O4/c1-18(2,3)25-10-9-13(17(23)24)19-16(22)11-14-12-7-5-6-8-15(12)21(4)20-14/h5-8,13H,9-11H2,1-4H3,(H,19,22)(H,23,24). The van der Waals surface area contributed by atoms with Crippen LogP contribution in [-0.2, 0) is 27.8 Å². The number of aliphatic carboxylic acids is 1. The maximum Gasteiger partial charge on any atom is 0.326 e. The third-order valence-corrected chi connectivity index (χ3v) is 3.74. The Bertz CT molecular complexity index is 761. The van der Waals surface area contributed by atoms with Gasteiger partial charge in [0.15, 0.2) is 0 Å². The van der Waals surface area contributed by atoms with E-state index in [4.69, 9.17) is 4.74 Å². The molecule has 2 aromatic rings. The van der Waals surface area contributed by atoms with E-state index in [1.165, 1.54) is 0 Å². The van der Waals surface area contributed by atoms with Crippen LogP contribution >= 0.6 is 0 Å². The molecule has 0 aliphatic carbocycles. The van der Waals surface area contributed by atoms with Crippen molar-refractivity contribution in [3.63, 3.8) is 0 Å². The van der Waals surface area contributed by atoms with Gasteiger partial charge >= 0.3 is 5.97 Å². The molecule has 0 saturated carbocycles. The van der Waals surface area contributed by atoms with E-state index < -0.39 is 12.0 Å². The predicted molar refractivity (Wildman–Crippen MR) is 94.3 cm³/mol. The van der Waals surface area contributed by atoms with Crippen LogP contribution in [0.5, 0.6) is 0 Å². The Labute approximate surface area is 147 Å². The second-order valence-electron chi connectivity index (χ2n) is 6.97. The number of hydrogen-bond acceptors (Lipinski definition) is 4. The Morgan fingerprint density at radius 3 is 2.64 bits per heavy atom. The van der Waals surface area contributed by atoms with Gasteiger partial charge in [-0.2, -0.15) is 5.10 Å². The minimum Gasteiger partial charge on any atom is -0.480 e. The highest BCUT2D eigenvalue weighted by molar-refractivity contribution is 5.89. The molecule has 1 amide bonds. The van der Waals surface area contributed by atoms with Gasteiger partial charge in [0.25, 0.3) is 0 Å². The second kappa shape index (κ2) is 7.65. The van der Waals surface area contributed by atoms with Gasteiger partial charge in [-0.1, -0.05) is 18.2 Å². The van der Waals surface area contributed by atoms with Crippen molar-refractivity contribution >= 4 is 22.8 Å². The van der Waals surface area contributed by atoms with Crippen LogP contribution in [0.2, 0.25) is 0 Å². The van der Waals surface area contributed by atoms with Crippen molar-refractivity contribution in [2.75, 3.05) is 6.61 Å². The Morgan fingerprint density at radius 1 is 1.32 bits per heavy atom. The summed E-state index contributed by atoms with van der Waals surface area (Å²) >= 11 is 0. The van der Waals surface area contributed by atoms with Crippen LogP contribution in [0, 0.1) is 0 Å². The van der Waals surface area contributed by atoms with E-state index in [2.05, 4.69) is 10.4 Å². The van der Waals surface area contributed by atoms with Gasteiger partial charge in [-0.05, 0) is 26.8 Å². The SMILES string of the molecule is Cn1nc(CC(=O)NC(CCOC(C)(C)C)C(=O)O)c2ccccc21. The number of aryl methyl sites for hydroxylation is 1. The number of para-hydroxylation sites is 1. The monoisotopic (exact) mass is 347 g/mol. The van der Waals surface area contributed by atoms with Crippen LogP contribution in [-0.4, -0.2) is 45.0 Å². The van der Waals surface area contributed by atoms with Crippen molar-refractivity contribution in [3.8, 4) is 0 Å². The fourth-order valence-corrected chi connectivity index (χ4v) is 2.56. The molecule has 1 unspecified atom stereocenters. The van der Waals surface area contributed by atoms with Crippen molar-refractivity contribution in [2.45, 2.75) is 45.3 Å². The van der Waals surface area contributed by atoms with Gasteiger partial charge in [0.2, 0.25) is 5.91 Å². The molecule has 25 heavy (non-hydrogen) atoms. The molecule has 1 heterocycles. The highest BCUT2D eigenvalue weighted by Gasteiger charge is 2.22. The van der Waals surface area contributed by atoms with Gasteiger partial charge in [-0.3, -0.25) is 9.48 Å². The second-order valence-corrected chi connectivity index (χ2v) is 6.97. The molecule has 0 saturated heterocycles. The highest BCUT2D eigenvalue weighted by atomic mass is 16.5. The molecule has 7 heteroatoms. The Kier molecular flexibility index (Phi) is 5.79. The minimum absolute atomic E-state index is 0.0330. The number of nitrogens with zero attached hydrogens (tertiary/aromatic N) is 2. The molecule has 0 aliphatic rings. The molecular formula is C18H25N3O4. The van der Waals surface area contributed by atoms with Crippen molar-refractivity contribution in [2.24, 2.45) is 7.05 Å². The number of carbonyl (C=O) groups excluding carboxylic acids is 1. The molecule has 136 valence electrons. The third kappa shape index (κ3) is 5.29. The lowest BCUT2D eigenvalue weighted by molar-refractivity contribution is -0.142. The number of carboxylic acids is 1. The molecule has 0 bridgehead atoms. The van der Waals surface area contributed by atoms with Crippen LogP contribution in [0.1, 0.15) is 32.9 Å². The molecular weight excluding hydrogens is 322 g/mol. The molecule has 2 rings (SSSR count). The van der Waals surface area contributed by atoms with E-state index >= 15 is 0 Å². The molecule has 0 spiro atoms. The van der Waals surface area contributed by atoms with Crippen molar-refractivity contribution in [3.05, 3.63) is 30.0 Å². The first-order valence-corrected chi connectivity index (χ1v) is 8.24. The third-order valence-electron chi connectivity index (χ3n) is 3.74. The summed E-state index contributed by atoms with van der Waals surface area (Å²) in [7, 11) is 1.81. The van der Waals surface area contributed by atoms with Gasteiger partial charge in [-0.15, -0.1) is 0 Å². The maximum atomic E-state index is 12.3. The summed E-state index contributed by atoms with van der Waals surface area (Å²) in [6, 6.07) is 6.63. The van der Waals surface area contributed by atoms with Gasteiger partial charge in [0.05, 0.1) is 23.2 Å². The zero-order chi connectivity index (χ0) is 18.6. The first-order valence-electron chi connectivity index (χ1n) is 8.24. The van der Waals surface area contributed by atoms with Crippen LogP contribution < -0.4 is 5.32 Å². The molecule has 1 atom stereocenters. The summed E-state index contributed by atoms with van der Waals surface area (Å²) in [6.07, 6.45) is 0.243. The van der Waals surface area contributed by atoms with E-state index in [1.54, 1.807) is 4.68 Å². The summed E-state index contributed by atoms with van der Waals surface area (Å²) in [5.41, 5.74) is 1.21. The fourth-order valence-electron chi connectivity index (χ4n) is 2.56. The van der Waals surface area contributed by atoms with Crippen molar-refractivity contribution < 1.29 is 19.4 Å². The summed E-state index contributed by atoms with van der Waals surface area (Å²) < 4.78 is 7.25. The molecule has 2 N–H and O–H groups in total. The number of amides is 1. The molecule has 1 aromatic carbocycles. The molecule has 0 aliphatic heterocycles. The summed E-state index contributed by atoms with van der Waals surface area (Å²) in [6.45, 7) is 5.95. The average Bonchev–Trinajstić information content (AvgIpc) is 2.81. The lowest BCUT2D eigenvalue weighted by Crippen LogP contribution is -2.42. The quantitative estimate of drug-likeness (QED) is 0.798. The molecule has 0 fully saturated rings. The van der Waals surface area contributed by atoms with E-state index in [0.717, 1.165) is 10.9 Å². The topological polar surface area (TPSA) is 93.5 Å². The maximum absolute atomic E-state index is 12.3. The van der Waals surface area contributed by atoms with Gasteiger partial charge in [-0.25, -0.2) is 4.79 Å². The summed E-state index contributed by atoms with van der Waals surface area (Å²) in [4.78, 5) is 23.6. The van der Waals surface area contributed by atoms with Crippen molar-refractivity contribution in [1.82, 2.24) is 15.1 Å². The van der Waals surface area contributed by atoms with E-state index in [0.29, 0.717) is 5.69 Å². The van der Waals surface area contributed by atoms with E-state index in [9.17, 15) is 14.7 Å². The Hall–Kier alpha value is -2.41. The van der Waals surface area contributed by atoms with Gasteiger partial charge in [0, 0.05) is 25.5 Å². The smallest absolute Gasteiger partial charge is 0.326 e. The molecule has 1 aromatic heterocycles. The lowest BCUT2D eigenvalue weighted by atomic mass is 10.1. The molecule has 0 radical (unpaired) electrons. The number of ether oxygens (including phenoxy) is 1. The fraction of sp³-hybridized carbons (Fsp3) is 0.500. The predicted octanol–water partition coefficient (Wildman–Crippen LogP) is 1.89. The number of fused-ring (bicyclic) bond motifs is 1. The van der Waals surface area contributed by atoms with Crippen LogP contribution in [0.15, 0.2) is 24.3 Å². The van der Waals surface area contributed by atoms with Crippen LogP contribution in [0.4, 0.5) is 0 Å². The first kappa shape index (κ1) is 18.9. The first-order chi connectivity index (χ1) is 11.7. The number of aromatic nitrogens is 2. The highest BCUT2D eigenvalue weighted by Crippen LogP contribution is 2.17. The largest absolute Gasteiger partial charge is 0.480 e.